The Morgan fingerprint density at radius 1 is 1.00 bits per heavy atom. The molecule has 0 aromatic heterocycles. The average Bonchev–Trinajstić information content (AvgIpc) is 2.63. The highest BCUT2D eigenvalue weighted by molar-refractivity contribution is 7.91. The molecular formula is C20H25NO3S. The first-order valence-electron chi connectivity index (χ1n) is 8.57. The molecule has 2 aromatic carbocycles. The van der Waals surface area contributed by atoms with Crippen molar-refractivity contribution < 1.29 is 13.2 Å². The summed E-state index contributed by atoms with van der Waals surface area (Å²) in [5.74, 6) is -0.0676. The predicted molar refractivity (Wildman–Crippen MR) is 101 cm³/mol. The van der Waals surface area contributed by atoms with E-state index in [1.165, 1.54) is 12.1 Å². The van der Waals surface area contributed by atoms with E-state index in [-0.39, 0.29) is 28.4 Å². The van der Waals surface area contributed by atoms with Crippen LogP contribution in [-0.2, 0) is 14.6 Å². The molecule has 0 aliphatic heterocycles. The zero-order valence-corrected chi connectivity index (χ0v) is 15.7. The van der Waals surface area contributed by atoms with Gasteiger partial charge in [-0.15, -0.1) is 0 Å². The fraction of sp³-hybridized carbons (Fsp3) is 0.350. The molecule has 1 N–H and O–H groups in total. The molecule has 0 aliphatic carbocycles. The number of sulfone groups is 1. The van der Waals surface area contributed by atoms with Crippen LogP contribution in [0.2, 0.25) is 0 Å². The summed E-state index contributed by atoms with van der Waals surface area (Å²) in [5.41, 5.74) is 1.59. The van der Waals surface area contributed by atoms with Crippen LogP contribution < -0.4 is 5.32 Å². The molecule has 0 fully saturated rings. The lowest BCUT2D eigenvalue weighted by atomic mass is 9.85. The minimum atomic E-state index is -3.23. The maximum Gasteiger partial charge on any atom is 0.232 e. The lowest BCUT2D eigenvalue weighted by Gasteiger charge is -2.23. The minimum absolute atomic E-state index is 0.0583. The van der Waals surface area contributed by atoms with Crippen molar-refractivity contribution in [1.29, 1.82) is 0 Å². The Labute approximate surface area is 150 Å². The Balaban J connectivity index is 2.21. The van der Waals surface area contributed by atoms with Crippen LogP contribution in [0.25, 0.3) is 0 Å². The second-order valence-electron chi connectivity index (χ2n) is 6.19. The van der Waals surface area contributed by atoms with Crippen LogP contribution in [-0.4, -0.2) is 20.1 Å². The first kappa shape index (κ1) is 19.2. The van der Waals surface area contributed by atoms with Gasteiger partial charge >= 0.3 is 0 Å². The summed E-state index contributed by atoms with van der Waals surface area (Å²) in [4.78, 5) is 13.1. The van der Waals surface area contributed by atoms with Crippen molar-refractivity contribution in [3.63, 3.8) is 0 Å². The molecule has 0 radical (unpaired) electrons. The Hall–Kier alpha value is -2.14. The fourth-order valence-corrected chi connectivity index (χ4v) is 3.65. The highest BCUT2D eigenvalue weighted by Gasteiger charge is 2.25. The van der Waals surface area contributed by atoms with Gasteiger partial charge in [-0.1, -0.05) is 57.5 Å². The molecule has 0 saturated carbocycles. The molecule has 0 heterocycles. The van der Waals surface area contributed by atoms with E-state index in [2.05, 4.69) is 19.2 Å². The number of amides is 1. The van der Waals surface area contributed by atoms with Gasteiger partial charge in [0.1, 0.15) is 0 Å². The normalized spacial score (nSPS) is 13.9. The van der Waals surface area contributed by atoms with Crippen molar-refractivity contribution >= 4 is 21.4 Å². The Morgan fingerprint density at radius 3 is 2.12 bits per heavy atom. The third-order valence-corrected chi connectivity index (χ3v) is 6.27. The number of anilines is 1. The van der Waals surface area contributed by atoms with Crippen molar-refractivity contribution in [1.82, 2.24) is 0 Å². The first-order valence-corrected chi connectivity index (χ1v) is 10.2. The van der Waals surface area contributed by atoms with Crippen LogP contribution >= 0.6 is 0 Å². The summed E-state index contributed by atoms with van der Waals surface area (Å²) in [6.07, 6.45) is 0.890. The van der Waals surface area contributed by atoms with E-state index < -0.39 is 9.84 Å². The third kappa shape index (κ3) is 4.69. The van der Waals surface area contributed by atoms with Crippen molar-refractivity contribution in [2.75, 3.05) is 11.1 Å². The van der Waals surface area contributed by atoms with Crippen LogP contribution in [0.3, 0.4) is 0 Å². The number of benzene rings is 2. The van der Waals surface area contributed by atoms with Gasteiger partial charge in [-0.05, 0) is 35.7 Å². The first-order chi connectivity index (χ1) is 11.9. The zero-order chi connectivity index (χ0) is 18.4. The van der Waals surface area contributed by atoms with Gasteiger partial charge in [0.15, 0.2) is 9.84 Å². The summed E-state index contributed by atoms with van der Waals surface area (Å²) in [6, 6.07) is 16.1. The Morgan fingerprint density at radius 2 is 1.60 bits per heavy atom. The number of hydrogen-bond acceptors (Lipinski definition) is 3. The van der Waals surface area contributed by atoms with Gasteiger partial charge in [-0.3, -0.25) is 4.79 Å². The standard InChI is InChI=1S/C20H25NO3S/c1-4-15(3)19(16-9-7-6-8-10-16)20(22)21-17-11-13-18(14-12-17)25(23,24)5-2/h6-15,19H,4-5H2,1-3H3,(H,21,22). The van der Waals surface area contributed by atoms with Gasteiger partial charge in [-0.2, -0.15) is 0 Å². The fourth-order valence-electron chi connectivity index (χ4n) is 2.77. The molecule has 2 rings (SSSR count). The minimum Gasteiger partial charge on any atom is -0.326 e. The molecule has 2 atom stereocenters. The maximum atomic E-state index is 12.8. The number of hydrogen-bond donors (Lipinski definition) is 1. The van der Waals surface area contributed by atoms with Crippen LogP contribution in [0.4, 0.5) is 5.69 Å². The molecule has 25 heavy (non-hydrogen) atoms. The van der Waals surface area contributed by atoms with Crippen molar-refractivity contribution in [2.45, 2.75) is 38.0 Å². The van der Waals surface area contributed by atoms with Crippen molar-refractivity contribution in [2.24, 2.45) is 5.92 Å². The quantitative estimate of drug-likeness (QED) is 0.804. The lowest BCUT2D eigenvalue weighted by molar-refractivity contribution is -0.118. The lowest BCUT2D eigenvalue weighted by Crippen LogP contribution is -2.26. The van der Waals surface area contributed by atoms with Crippen molar-refractivity contribution in [3.8, 4) is 0 Å². The van der Waals surface area contributed by atoms with Crippen LogP contribution in [0.1, 0.15) is 38.7 Å². The topological polar surface area (TPSA) is 63.2 Å². The predicted octanol–water partition coefficient (Wildman–Crippen LogP) is 4.25. The van der Waals surface area contributed by atoms with Gasteiger partial charge < -0.3 is 5.32 Å². The van der Waals surface area contributed by atoms with E-state index in [9.17, 15) is 13.2 Å². The largest absolute Gasteiger partial charge is 0.326 e. The van der Waals surface area contributed by atoms with E-state index in [1.807, 2.05) is 30.3 Å². The van der Waals surface area contributed by atoms with E-state index in [0.717, 1.165) is 12.0 Å². The monoisotopic (exact) mass is 359 g/mol. The zero-order valence-electron chi connectivity index (χ0n) is 14.9. The van der Waals surface area contributed by atoms with Crippen LogP contribution in [0, 0.1) is 5.92 Å². The molecule has 4 nitrogen and oxygen atoms in total. The molecule has 5 heteroatoms. The summed E-state index contributed by atoms with van der Waals surface area (Å²) in [5, 5.41) is 2.92. The molecule has 0 aliphatic rings. The number of rotatable bonds is 7. The van der Waals surface area contributed by atoms with E-state index >= 15 is 0 Å². The second kappa shape index (κ2) is 8.30. The molecule has 2 aromatic rings. The molecule has 0 bridgehead atoms. The van der Waals surface area contributed by atoms with Gasteiger partial charge in [-0.25, -0.2) is 8.42 Å². The SMILES string of the molecule is CCC(C)C(C(=O)Nc1ccc(S(=O)(=O)CC)cc1)c1ccccc1. The van der Waals surface area contributed by atoms with E-state index in [0.29, 0.717) is 5.69 Å². The highest BCUT2D eigenvalue weighted by Crippen LogP contribution is 2.28. The smallest absolute Gasteiger partial charge is 0.232 e. The molecule has 2 unspecified atom stereocenters. The molecule has 0 spiro atoms. The molecular weight excluding hydrogens is 334 g/mol. The van der Waals surface area contributed by atoms with Gasteiger partial charge in [0.25, 0.3) is 0 Å². The molecule has 0 saturated heterocycles. The maximum absolute atomic E-state index is 12.8. The number of nitrogens with one attached hydrogen (secondary N) is 1. The Kier molecular flexibility index (Phi) is 6.37. The molecule has 134 valence electrons. The third-order valence-electron chi connectivity index (χ3n) is 4.52. The van der Waals surface area contributed by atoms with Gasteiger partial charge in [0.05, 0.1) is 16.6 Å². The summed E-state index contributed by atoms with van der Waals surface area (Å²) < 4.78 is 23.7. The summed E-state index contributed by atoms with van der Waals surface area (Å²) in [7, 11) is -3.23. The van der Waals surface area contributed by atoms with Crippen molar-refractivity contribution in [3.05, 3.63) is 60.2 Å². The highest BCUT2D eigenvalue weighted by atomic mass is 32.2. The number of carbonyl (C=O) groups is 1. The van der Waals surface area contributed by atoms with E-state index in [4.69, 9.17) is 0 Å². The number of carbonyl (C=O) groups excluding carboxylic acids is 1. The van der Waals surface area contributed by atoms with Gasteiger partial charge in [0.2, 0.25) is 5.91 Å². The average molecular weight is 359 g/mol. The van der Waals surface area contributed by atoms with Gasteiger partial charge in [0, 0.05) is 5.69 Å². The van der Waals surface area contributed by atoms with Crippen LogP contribution in [0.15, 0.2) is 59.5 Å². The van der Waals surface area contributed by atoms with E-state index in [1.54, 1.807) is 19.1 Å². The Bertz CT molecular complexity index is 799. The molecule has 1 amide bonds. The summed E-state index contributed by atoms with van der Waals surface area (Å²) >= 11 is 0. The summed E-state index contributed by atoms with van der Waals surface area (Å²) in [6.45, 7) is 5.74. The second-order valence-corrected chi connectivity index (χ2v) is 8.47. The van der Waals surface area contributed by atoms with Crippen LogP contribution in [0.5, 0.6) is 0 Å².